The Morgan fingerprint density at radius 2 is 0.880 bits per heavy atom. The van der Waals surface area contributed by atoms with Crippen LogP contribution in [0.5, 0.6) is 0 Å². The van der Waals surface area contributed by atoms with Gasteiger partial charge in [-0.1, -0.05) is 133 Å². The number of fused-ring (bicyclic) bond motifs is 10. The third kappa shape index (κ3) is 3.85. The molecule has 0 aliphatic heterocycles. The maximum atomic E-state index is 6.55. The van der Waals surface area contributed by atoms with Gasteiger partial charge in [0.25, 0.3) is 0 Å². The Hall–Kier alpha value is -6.64. The molecule has 2 nitrogen and oxygen atoms in total. The average molecular weight is 636 g/mol. The van der Waals surface area contributed by atoms with Crippen LogP contribution in [0.2, 0.25) is 0 Å². The molecule has 0 aliphatic carbocycles. The van der Waals surface area contributed by atoms with Crippen molar-refractivity contribution in [1.29, 1.82) is 0 Å². The first kappa shape index (κ1) is 27.3. The molecule has 0 radical (unpaired) electrons. The van der Waals surface area contributed by atoms with Crippen molar-refractivity contribution in [3.05, 3.63) is 176 Å². The number of benzene rings is 9. The van der Waals surface area contributed by atoms with E-state index in [9.17, 15) is 0 Å². The number of para-hydroxylation sites is 2. The predicted molar refractivity (Wildman–Crippen MR) is 211 cm³/mol. The van der Waals surface area contributed by atoms with Crippen LogP contribution in [0.3, 0.4) is 0 Å². The Bertz CT molecular complexity index is 3050. The zero-order valence-corrected chi connectivity index (χ0v) is 27.1. The molecule has 11 rings (SSSR count). The van der Waals surface area contributed by atoms with Gasteiger partial charge in [-0.05, 0) is 97.0 Å². The second-order valence-electron chi connectivity index (χ2n) is 13.2. The van der Waals surface area contributed by atoms with Crippen LogP contribution in [0.4, 0.5) is 0 Å². The summed E-state index contributed by atoms with van der Waals surface area (Å²) >= 11 is 0. The van der Waals surface area contributed by atoms with Gasteiger partial charge in [0.1, 0.15) is 11.2 Å². The van der Waals surface area contributed by atoms with Gasteiger partial charge in [-0.25, -0.2) is 0 Å². The molecule has 0 atom stereocenters. The average Bonchev–Trinajstić information content (AvgIpc) is 3.72. The highest BCUT2D eigenvalue weighted by Gasteiger charge is 2.19. The van der Waals surface area contributed by atoms with Crippen LogP contribution >= 0.6 is 0 Å². The van der Waals surface area contributed by atoms with Gasteiger partial charge in [-0.15, -0.1) is 0 Å². The molecule has 0 saturated heterocycles. The smallest absolute Gasteiger partial charge is 0.136 e. The van der Waals surface area contributed by atoms with E-state index in [-0.39, 0.29) is 0 Å². The van der Waals surface area contributed by atoms with E-state index in [1.54, 1.807) is 0 Å². The normalized spacial score (nSPS) is 12.0. The zero-order chi connectivity index (χ0) is 32.8. The molecule has 0 amide bonds. The Balaban J connectivity index is 1.16. The molecule has 232 valence electrons. The van der Waals surface area contributed by atoms with Crippen molar-refractivity contribution < 1.29 is 4.42 Å². The van der Waals surface area contributed by atoms with E-state index in [0.29, 0.717) is 0 Å². The highest BCUT2D eigenvalue weighted by atomic mass is 16.3. The molecule has 2 heteroatoms. The maximum absolute atomic E-state index is 6.55. The van der Waals surface area contributed by atoms with Crippen LogP contribution in [0.25, 0.3) is 104 Å². The molecule has 2 heterocycles. The van der Waals surface area contributed by atoms with Gasteiger partial charge in [0.2, 0.25) is 0 Å². The topological polar surface area (TPSA) is 18.1 Å². The lowest BCUT2D eigenvalue weighted by molar-refractivity contribution is 0.669. The Kier molecular flexibility index (Phi) is 5.70. The molecular formula is C48H29NO. The summed E-state index contributed by atoms with van der Waals surface area (Å²) in [5.74, 6) is 0. The van der Waals surface area contributed by atoms with Gasteiger partial charge >= 0.3 is 0 Å². The molecule has 11 aromatic rings. The Labute approximate surface area is 288 Å². The fourth-order valence-electron chi connectivity index (χ4n) is 8.45. The van der Waals surface area contributed by atoms with Crippen LogP contribution in [-0.2, 0) is 0 Å². The fraction of sp³-hybridized carbons (Fsp3) is 0. The summed E-state index contributed by atoms with van der Waals surface area (Å²) in [5.41, 5.74) is 10.2. The van der Waals surface area contributed by atoms with Crippen LogP contribution in [0, 0.1) is 0 Å². The van der Waals surface area contributed by atoms with Crippen molar-refractivity contribution in [3.8, 4) is 27.9 Å². The molecular weight excluding hydrogens is 607 g/mol. The Morgan fingerprint density at radius 3 is 1.52 bits per heavy atom. The lowest BCUT2D eigenvalue weighted by atomic mass is 9.85. The standard InChI is InChI=1S/C48H29NO/c1-2-15-34-30(12-1)25-27-44-48(34)41-26-24-32(29-45(41)50-44)47-39-20-5-3-18-37(39)46(38-19-4-6-21-40(38)47)31-13-11-14-33(28-31)49-42-22-9-7-16-35(42)36-17-8-10-23-43(36)49/h1-29H. The molecule has 0 bridgehead atoms. The van der Waals surface area contributed by atoms with Crippen molar-refractivity contribution in [1.82, 2.24) is 4.57 Å². The van der Waals surface area contributed by atoms with E-state index >= 15 is 0 Å². The second kappa shape index (κ2) is 10.4. The largest absolute Gasteiger partial charge is 0.456 e. The predicted octanol–water partition coefficient (Wildman–Crippen LogP) is 13.5. The molecule has 9 aromatic carbocycles. The minimum atomic E-state index is 0.907. The van der Waals surface area contributed by atoms with Crippen molar-refractivity contribution in [2.24, 2.45) is 0 Å². The van der Waals surface area contributed by atoms with Gasteiger partial charge in [-0.2, -0.15) is 0 Å². The molecule has 2 aromatic heterocycles. The van der Waals surface area contributed by atoms with Crippen LogP contribution < -0.4 is 0 Å². The summed E-state index contributed by atoms with van der Waals surface area (Å²) in [5, 5.41) is 12.2. The molecule has 0 spiro atoms. The van der Waals surface area contributed by atoms with E-state index in [1.165, 1.54) is 76.2 Å². The molecule has 0 unspecified atom stereocenters. The summed E-state index contributed by atoms with van der Waals surface area (Å²) in [6.45, 7) is 0. The lowest BCUT2D eigenvalue weighted by Gasteiger charge is -2.18. The molecule has 0 aliphatic rings. The Morgan fingerprint density at radius 1 is 0.340 bits per heavy atom. The van der Waals surface area contributed by atoms with Gasteiger partial charge in [-0.3, -0.25) is 0 Å². The first-order valence-corrected chi connectivity index (χ1v) is 17.2. The minimum absolute atomic E-state index is 0.907. The monoisotopic (exact) mass is 635 g/mol. The zero-order valence-electron chi connectivity index (χ0n) is 27.1. The molecule has 50 heavy (non-hydrogen) atoms. The van der Waals surface area contributed by atoms with E-state index in [2.05, 4.69) is 180 Å². The third-order valence-electron chi connectivity index (χ3n) is 10.6. The number of hydrogen-bond acceptors (Lipinski definition) is 1. The van der Waals surface area contributed by atoms with Crippen molar-refractivity contribution >= 4 is 76.1 Å². The third-order valence-corrected chi connectivity index (χ3v) is 10.6. The van der Waals surface area contributed by atoms with Gasteiger partial charge < -0.3 is 8.98 Å². The first-order chi connectivity index (χ1) is 24.8. The van der Waals surface area contributed by atoms with Crippen molar-refractivity contribution in [3.63, 3.8) is 0 Å². The summed E-state index contributed by atoms with van der Waals surface area (Å²) in [6.07, 6.45) is 0. The molecule has 0 N–H and O–H groups in total. The van der Waals surface area contributed by atoms with Crippen LogP contribution in [0.1, 0.15) is 0 Å². The number of aromatic nitrogens is 1. The maximum Gasteiger partial charge on any atom is 0.136 e. The summed E-state index contributed by atoms with van der Waals surface area (Å²) < 4.78 is 8.95. The summed E-state index contributed by atoms with van der Waals surface area (Å²) in [7, 11) is 0. The van der Waals surface area contributed by atoms with Gasteiger partial charge in [0.05, 0.1) is 11.0 Å². The first-order valence-electron chi connectivity index (χ1n) is 17.2. The SMILES string of the molecule is c1cc(-c2c3ccccc3c(-c3ccc4c(c3)oc3ccc5ccccc5c34)c3ccccc23)cc(-n2c3ccccc3c3ccccc32)c1. The molecule has 0 fully saturated rings. The van der Waals surface area contributed by atoms with Crippen LogP contribution in [0.15, 0.2) is 180 Å². The number of rotatable bonds is 3. The summed E-state index contributed by atoms with van der Waals surface area (Å²) in [6, 6.07) is 63.8. The summed E-state index contributed by atoms with van der Waals surface area (Å²) in [4.78, 5) is 0. The lowest BCUT2D eigenvalue weighted by Crippen LogP contribution is -1.95. The van der Waals surface area contributed by atoms with Crippen molar-refractivity contribution in [2.45, 2.75) is 0 Å². The second-order valence-corrected chi connectivity index (χ2v) is 13.2. The number of hydrogen-bond donors (Lipinski definition) is 0. The number of nitrogens with zero attached hydrogens (tertiary/aromatic N) is 1. The van der Waals surface area contributed by atoms with Crippen molar-refractivity contribution in [2.75, 3.05) is 0 Å². The number of furan rings is 1. The highest BCUT2D eigenvalue weighted by Crippen LogP contribution is 2.45. The van der Waals surface area contributed by atoms with Gasteiger partial charge in [0.15, 0.2) is 0 Å². The van der Waals surface area contributed by atoms with Gasteiger partial charge in [0, 0.05) is 27.2 Å². The molecule has 0 saturated carbocycles. The van der Waals surface area contributed by atoms with E-state index in [4.69, 9.17) is 4.42 Å². The van der Waals surface area contributed by atoms with Crippen LogP contribution in [-0.4, -0.2) is 4.57 Å². The minimum Gasteiger partial charge on any atom is -0.456 e. The highest BCUT2D eigenvalue weighted by molar-refractivity contribution is 6.23. The quantitative estimate of drug-likeness (QED) is 0.177. The fourth-order valence-corrected chi connectivity index (χ4v) is 8.45. The van der Waals surface area contributed by atoms with E-state index < -0.39 is 0 Å². The van der Waals surface area contributed by atoms with E-state index in [1.807, 2.05) is 0 Å². The van der Waals surface area contributed by atoms with E-state index in [0.717, 1.165) is 27.8 Å².